The summed E-state index contributed by atoms with van der Waals surface area (Å²) in [5.41, 5.74) is 12.9. The lowest BCUT2D eigenvalue weighted by atomic mass is 9.95. The highest BCUT2D eigenvalue weighted by Gasteiger charge is 2.15. The molecule has 0 bridgehead atoms. The molecular formula is C38H31N. The van der Waals surface area contributed by atoms with Crippen LogP contribution in [0.2, 0.25) is 0 Å². The Balaban J connectivity index is 1.36. The van der Waals surface area contributed by atoms with Crippen molar-refractivity contribution in [2.75, 3.05) is 0 Å². The first-order valence-electron chi connectivity index (χ1n) is 13.9. The normalized spacial score (nSPS) is 13.2. The van der Waals surface area contributed by atoms with E-state index in [1.807, 2.05) is 0 Å². The molecular weight excluding hydrogens is 470 g/mol. The van der Waals surface area contributed by atoms with Crippen molar-refractivity contribution in [2.24, 2.45) is 0 Å². The maximum Gasteiger partial charge on any atom is 0.0541 e. The van der Waals surface area contributed by atoms with Crippen LogP contribution in [0.5, 0.6) is 0 Å². The van der Waals surface area contributed by atoms with Gasteiger partial charge in [-0.1, -0.05) is 103 Å². The van der Waals surface area contributed by atoms with Crippen molar-refractivity contribution in [3.05, 3.63) is 156 Å². The fourth-order valence-electron chi connectivity index (χ4n) is 5.86. The fourth-order valence-corrected chi connectivity index (χ4v) is 5.86. The Morgan fingerprint density at radius 1 is 0.615 bits per heavy atom. The number of hydrogen-bond donors (Lipinski definition) is 0. The Morgan fingerprint density at radius 3 is 1.92 bits per heavy atom. The molecule has 0 fully saturated rings. The van der Waals surface area contributed by atoms with Crippen LogP contribution in [0.15, 0.2) is 133 Å². The lowest BCUT2D eigenvalue weighted by molar-refractivity contribution is 1.05. The van der Waals surface area contributed by atoms with E-state index in [1.165, 1.54) is 66.4 Å². The van der Waals surface area contributed by atoms with Crippen molar-refractivity contribution in [3.63, 3.8) is 0 Å². The van der Waals surface area contributed by atoms with Crippen molar-refractivity contribution >= 4 is 27.4 Å². The van der Waals surface area contributed by atoms with Gasteiger partial charge in [-0.2, -0.15) is 0 Å². The highest BCUT2D eigenvalue weighted by molar-refractivity contribution is 6.11. The van der Waals surface area contributed by atoms with Gasteiger partial charge in [0.05, 0.1) is 11.0 Å². The average molecular weight is 502 g/mol. The zero-order valence-electron chi connectivity index (χ0n) is 22.3. The molecule has 0 radical (unpaired) electrons. The van der Waals surface area contributed by atoms with E-state index in [0.717, 1.165) is 19.3 Å². The van der Waals surface area contributed by atoms with E-state index in [-0.39, 0.29) is 0 Å². The zero-order chi connectivity index (χ0) is 26.2. The molecule has 1 heteroatoms. The minimum absolute atomic E-state index is 0.946. The summed E-state index contributed by atoms with van der Waals surface area (Å²) < 4.78 is 2.42. The summed E-state index contributed by atoms with van der Waals surface area (Å²) in [5, 5.41) is 2.60. The van der Waals surface area contributed by atoms with Gasteiger partial charge in [-0.25, -0.2) is 0 Å². The zero-order valence-corrected chi connectivity index (χ0v) is 22.3. The van der Waals surface area contributed by atoms with E-state index in [4.69, 9.17) is 0 Å². The molecule has 188 valence electrons. The minimum Gasteiger partial charge on any atom is -0.309 e. The number of allylic oxidation sites excluding steroid dienone is 4. The molecule has 5 aromatic carbocycles. The smallest absolute Gasteiger partial charge is 0.0541 e. The van der Waals surface area contributed by atoms with E-state index in [0.29, 0.717) is 0 Å². The monoisotopic (exact) mass is 501 g/mol. The average Bonchev–Trinajstić information content (AvgIpc) is 3.32. The number of benzene rings is 5. The van der Waals surface area contributed by atoms with Crippen molar-refractivity contribution in [1.82, 2.24) is 4.57 Å². The standard InChI is InChI=1S/C38H31N/c1-27-12-14-28(15-13-27)24-29-16-20-34(21-17-29)39-37-22-18-32(30-8-4-2-5-9-30)25-35(37)36-26-33(19-23-38(36)39)31-10-6-3-7-11-31/h2-6,8-10,12-23,25-26H,7,11,24H2,1H3. The van der Waals surface area contributed by atoms with Gasteiger partial charge in [-0.3, -0.25) is 0 Å². The highest BCUT2D eigenvalue weighted by atomic mass is 15.0. The number of aryl methyl sites for hydroxylation is 1. The number of aromatic nitrogens is 1. The maximum absolute atomic E-state index is 2.42. The van der Waals surface area contributed by atoms with Crippen LogP contribution in [0.4, 0.5) is 0 Å². The molecule has 7 rings (SSSR count). The summed E-state index contributed by atoms with van der Waals surface area (Å²) in [6.07, 6.45) is 9.87. The molecule has 0 unspecified atom stereocenters. The molecule has 1 nitrogen and oxygen atoms in total. The van der Waals surface area contributed by atoms with Gasteiger partial charge in [0.15, 0.2) is 0 Å². The second-order valence-corrected chi connectivity index (χ2v) is 10.7. The van der Waals surface area contributed by atoms with Crippen molar-refractivity contribution in [3.8, 4) is 16.8 Å². The summed E-state index contributed by atoms with van der Waals surface area (Å²) in [6.45, 7) is 2.14. The summed E-state index contributed by atoms with van der Waals surface area (Å²) in [5.74, 6) is 0. The van der Waals surface area contributed by atoms with Gasteiger partial charge in [0.2, 0.25) is 0 Å². The van der Waals surface area contributed by atoms with Gasteiger partial charge in [-0.05, 0) is 96.0 Å². The predicted octanol–water partition coefficient (Wildman–Crippen LogP) is 10.1. The second kappa shape index (κ2) is 9.93. The highest BCUT2D eigenvalue weighted by Crippen LogP contribution is 2.37. The molecule has 0 amide bonds. The molecule has 0 saturated carbocycles. The summed E-state index contributed by atoms with van der Waals surface area (Å²) in [4.78, 5) is 0. The number of hydrogen-bond acceptors (Lipinski definition) is 0. The third kappa shape index (κ3) is 4.51. The van der Waals surface area contributed by atoms with Gasteiger partial charge in [-0.15, -0.1) is 0 Å². The molecule has 39 heavy (non-hydrogen) atoms. The Kier molecular flexibility index (Phi) is 5.98. The van der Waals surface area contributed by atoms with Crippen LogP contribution in [-0.4, -0.2) is 4.57 Å². The van der Waals surface area contributed by atoms with Gasteiger partial charge in [0.25, 0.3) is 0 Å². The minimum atomic E-state index is 0.946. The summed E-state index contributed by atoms with van der Waals surface area (Å²) in [7, 11) is 0. The van der Waals surface area contributed by atoms with E-state index >= 15 is 0 Å². The lowest BCUT2D eigenvalue weighted by Gasteiger charge is -2.11. The number of rotatable bonds is 5. The molecule has 0 saturated heterocycles. The third-order valence-corrected chi connectivity index (χ3v) is 7.98. The van der Waals surface area contributed by atoms with Gasteiger partial charge in [0, 0.05) is 16.5 Å². The predicted molar refractivity (Wildman–Crippen MR) is 167 cm³/mol. The first kappa shape index (κ1) is 23.5. The maximum atomic E-state index is 2.42. The SMILES string of the molecule is Cc1ccc(Cc2ccc(-n3c4ccc(C5=CC=CCC5)cc4c4cc(-c5ccccc5)ccc43)cc2)cc1. The molecule has 1 aliphatic carbocycles. The van der Waals surface area contributed by atoms with Crippen LogP contribution in [-0.2, 0) is 6.42 Å². The van der Waals surface area contributed by atoms with Crippen LogP contribution in [0.25, 0.3) is 44.2 Å². The Hall–Kier alpha value is -4.62. The quantitative estimate of drug-likeness (QED) is 0.221. The van der Waals surface area contributed by atoms with Crippen molar-refractivity contribution in [1.29, 1.82) is 0 Å². The number of nitrogens with zero attached hydrogens (tertiary/aromatic N) is 1. The van der Waals surface area contributed by atoms with E-state index < -0.39 is 0 Å². The van der Waals surface area contributed by atoms with Crippen molar-refractivity contribution < 1.29 is 0 Å². The van der Waals surface area contributed by atoms with Crippen molar-refractivity contribution in [2.45, 2.75) is 26.2 Å². The largest absolute Gasteiger partial charge is 0.309 e. The topological polar surface area (TPSA) is 4.93 Å². The molecule has 1 aliphatic rings. The molecule has 0 spiro atoms. The van der Waals surface area contributed by atoms with Crippen LogP contribution in [0, 0.1) is 6.92 Å². The van der Waals surface area contributed by atoms with Crippen LogP contribution in [0.1, 0.15) is 35.1 Å². The van der Waals surface area contributed by atoms with Crippen LogP contribution in [0.3, 0.4) is 0 Å². The molecule has 6 aromatic rings. The lowest BCUT2D eigenvalue weighted by Crippen LogP contribution is -1.95. The Morgan fingerprint density at radius 2 is 1.26 bits per heavy atom. The van der Waals surface area contributed by atoms with Crippen LogP contribution >= 0.6 is 0 Å². The van der Waals surface area contributed by atoms with Gasteiger partial charge < -0.3 is 4.57 Å². The molecule has 0 aliphatic heterocycles. The Labute approximate surface area is 230 Å². The molecule has 1 heterocycles. The molecule has 0 N–H and O–H groups in total. The van der Waals surface area contributed by atoms with Crippen LogP contribution < -0.4 is 0 Å². The first-order valence-corrected chi connectivity index (χ1v) is 13.9. The number of fused-ring (bicyclic) bond motifs is 3. The summed E-state index contributed by atoms with van der Waals surface area (Å²) >= 11 is 0. The summed E-state index contributed by atoms with van der Waals surface area (Å²) in [6, 6.07) is 42.6. The molecule has 0 atom stereocenters. The Bertz CT molecular complexity index is 1850. The van der Waals surface area contributed by atoms with E-state index in [9.17, 15) is 0 Å². The van der Waals surface area contributed by atoms with Gasteiger partial charge in [0.1, 0.15) is 0 Å². The second-order valence-electron chi connectivity index (χ2n) is 10.7. The first-order chi connectivity index (χ1) is 19.2. The van der Waals surface area contributed by atoms with E-state index in [2.05, 4.69) is 145 Å². The third-order valence-electron chi connectivity index (χ3n) is 7.98. The fraction of sp³-hybridized carbons (Fsp3) is 0.105. The molecule has 1 aromatic heterocycles. The van der Waals surface area contributed by atoms with Gasteiger partial charge >= 0.3 is 0 Å². The van der Waals surface area contributed by atoms with E-state index in [1.54, 1.807) is 0 Å².